The molecule has 1 rings (SSSR count). The van der Waals surface area contributed by atoms with Crippen molar-refractivity contribution in [2.75, 3.05) is 13.2 Å². The van der Waals surface area contributed by atoms with Crippen LogP contribution in [0.25, 0.3) is 0 Å². The molecular formula is C15H29N3O. The number of nitrogens with one attached hydrogen (secondary N) is 1. The molecule has 0 saturated heterocycles. The molecule has 0 spiro atoms. The fraction of sp³-hybridized carbons (Fsp3) is 0.800. The van der Waals surface area contributed by atoms with E-state index in [4.69, 9.17) is 4.74 Å². The van der Waals surface area contributed by atoms with Gasteiger partial charge in [0, 0.05) is 25.9 Å². The van der Waals surface area contributed by atoms with Crippen molar-refractivity contribution in [1.29, 1.82) is 0 Å². The van der Waals surface area contributed by atoms with Crippen LogP contribution >= 0.6 is 0 Å². The minimum Gasteiger partial charge on any atom is -0.379 e. The highest BCUT2D eigenvalue weighted by Crippen LogP contribution is 2.03. The van der Waals surface area contributed by atoms with Gasteiger partial charge >= 0.3 is 0 Å². The maximum absolute atomic E-state index is 5.55. The van der Waals surface area contributed by atoms with Crippen molar-refractivity contribution in [2.45, 2.75) is 59.7 Å². The first-order chi connectivity index (χ1) is 9.09. The molecule has 1 N–H and O–H groups in total. The number of unbranched alkanes of at least 4 members (excludes halogenated alkanes) is 1. The molecule has 0 aliphatic heterocycles. The van der Waals surface area contributed by atoms with E-state index in [9.17, 15) is 0 Å². The van der Waals surface area contributed by atoms with E-state index in [1.165, 1.54) is 5.69 Å². The number of rotatable bonds is 10. The standard InChI is InChI=1S/C15H29N3O/c1-13(2)9-16-10-15-11-17-12-18(15)7-5-6-8-19-14(3)4/h11-14,16H,5-10H2,1-4H3. The minimum absolute atomic E-state index is 0.337. The van der Waals surface area contributed by atoms with Gasteiger partial charge in [-0.1, -0.05) is 13.8 Å². The van der Waals surface area contributed by atoms with Gasteiger partial charge < -0.3 is 14.6 Å². The SMILES string of the molecule is CC(C)CNCc1cncn1CCCCOC(C)C. The Hall–Kier alpha value is -0.870. The van der Waals surface area contributed by atoms with Crippen molar-refractivity contribution in [2.24, 2.45) is 5.92 Å². The number of hydrogen-bond acceptors (Lipinski definition) is 3. The monoisotopic (exact) mass is 267 g/mol. The van der Waals surface area contributed by atoms with Gasteiger partial charge in [0.05, 0.1) is 18.1 Å². The van der Waals surface area contributed by atoms with Crippen molar-refractivity contribution in [1.82, 2.24) is 14.9 Å². The Balaban J connectivity index is 2.21. The number of aryl methyl sites for hydroxylation is 1. The van der Waals surface area contributed by atoms with Crippen molar-refractivity contribution in [3.05, 3.63) is 18.2 Å². The number of hydrogen-bond donors (Lipinski definition) is 1. The Labute approximate surface area is 117 Å². The van der Waals surface area contributed by atoms with Crippen LogP contribution in [-0.2, 0) is 17.8 Å². The molecular weight excluding hydrogens is 238 g/mol. The van der Waals surface area contributed by atoms with Crippen LogP contribution in [0.2, 0.25) is 0 Å². The van der Waals surface area contributed by atoms with Crippen LogP contribution in [0.4, 0.5) is 0 Å². The molecule has 0 atom stereocenters. The van der Waals surface area contributed by atoms with E-state index >= 15 is 0 Å². The third kappa shape index (κ3) is 7.33. The average molecular weight is 267 g/mol. The topological polar surface area (TPSA) is 39.1 Å². The smallest absolute Gasteiger partial charge is 0.0948 e. The highest BCUT2D eigenvalue weighted by atomic mass is 16.5. The summed E-state index contributed by atoms with van der Waals surface area (Å²) in [6.45, 7) is 12.4. The highest BCUT2D eigenvalue weighted by Gasteiger charge is 2.02. The van der Waals surface area contributed by atoms with E-state index in [1.54, 1.807) is 0 Å². The predicted molar refractivity (Wildman–Crippen MR) is 79.1 cm³/mol. The molecule has 1 aromatic rings. The first-order valence-corrected chi connectivity index (χ1v) is 7.41. The van der Waals surface area contributed by atoms with Crippen LogP contribution < -0.4 is 5.32 Å². The van der Waals surface area contributed by atoms with Crippen molar-refractivity contribution >= 4 is 0 Å². The van der Waals surface area contributed by atoms with Crippen LogP contribution in [0.15, 0.2) is 12.5 Å². The van der Waals surface area contributed by atoms with Crippen LogP contribution in [0, 0.1) is 5.92 Å². The molecule has 110 valence electrons. The summed E-state index contributed by atoms with van der Waals surface area (Å²) in [7, 11) is 0. The average Bonchev–Trinajstić information content (AvgIpc) is 2.75. The summed E-state index contributed by atoms with van der Waals surface area (Å²) in [5, 5.41) is 3.46. The summed E-state index contributed by atoms with van der Waals surface area (Å²) in [6.07, 6.45) is 6.47. The number of ether oxygens (including phenoxy) is 1. The fourth-order valence-corrected chi connectivity index (χ4v) is 1.89. The Morgan fingerprint density at radius 2 is 2.05 bits per heavy atom. The molecule has 0 radical (unpaired) electrons. The molecule has 0 bridgehead atoms. The Bertz CT molecular complexity index is 334. The van der Waals surface area contributed by atoms with Gasteiger partial charge in [0.25, 0.3) is 0 Å². The zero-order chi connectivity index (χ0) is 14.1. The van der Waals surface area contributed by atoms with Gasteiger partial charge in [-0.05, 0) is 39.2 Å². The number of aromatic nitrogens is 2. The Morgan fingerprint density at radius 3 is 2.74 bits per heavy atom. The molecule has 4 heteroatoms. The van der Waals surface area contributed by atoms with E-state index in [-0.39, 0.29) is 0 Å². The zero-order valence-corrected chi connectivity index (χ0v) is 12.9. The lowest BCUT2D eigenvalue weighted by atomic mass is 10.2. The Kier molecular flexibility index (Phi) is 7.75. The summed E-state index contributed by atoms with van der Waals surface area (Å²) in [6, 6.07) is 0. The molecule has 4 nitrogen and oxygen atoms in total. The van der Waals surface area contributed by atoms with E-state index in [0.717, 1.165) is 39.1 Å². The third-order valence-corrected chi connectivity index (χ3v) is 2.90. The van der Waals surface area contributed by atoms with E-state index in [2.05, 4.69) is 42.6 Å². The molecule has 0 aromatic carbocycles. The summed E-state index contributed by atoms with van der Waals surface area (Å²) in [5.41, 5.74) is 1.27. The van der Waals surface area contributed by atoms with E-state index in [0.29, 0.717) is 12.0 Å². The van der Waals surface area contributed by atoms with Crippen molar-refractivity contribution < 1.29 is 4.74 Å². The van der Waals surface area contributed by atoms with E-state index < -0.39 is 0 Å². The molecule has 19 heavy (non-hydrogen) atoms. The fourth-order valence-electron chi connectivity index (χ4n) is 1.89. The Morgan fingerprint density at radius 1 is 1.26 bits per heavy atom. The van der Waals surface area contributed by atoms with Crippen LogP contribution in [0.1, 0.15) is 46.2 Å². The van der Waals surface area contributed by atoms with Crippen molar-refractivity contribution in [3.8, 4) is 0 Å². The molecule has 0 fully saturated rings. The van der Waals surface area contributed by atoms with Gasteiger partial charge in [0.1, 0.15) is 0 Å². The lowest BCUT2D eigenvalue weighted by Crippen LogP contribution is -2.20. The first-order valence-electron chi connectivity index (χ1n) is 7.41. The molecule has 1 aromatic heterocycles. The minimum atomic E-state index is 0.337. The first kappa shape index (κ1) is 16.2. The third-order valence-electron chi connectivity index (χ3n) is 2.90. The second-order valence-electron chi connectivity index (χ2n) is 5.73. The van der Waals surface area contributed by atoms with Gasteiger partial charge in [-0.15, -0.1) is 0 Å². The largest absolute Gasteiger partial charge is 0.379 e. The van der Waals surface area contributed by atoms with Crippen LogP contribution in [-0.4, -0.2) is 28.8 Å². The van der Waals surface area contributed by atoms with Crippen LogP contribution in [0.5, 0.6) is 0 Å². The summed E-state index contributed by atoms with van der Waals surface area (Å²) >= 11 is 0. The van der Waals surface area contributed by atoms with Gasteiger partial charge in [-0.3, -0.25) is 0 Å². The molecule has 1 heterocycles. The normalized spacial score (nSPS) is 11.7. The number of imidazole rings is 1. The zero-order valence-electron chi connectivity index (χ0n) is 12.9. The van der Waals surface area contributed by atoms with Crippen LogP contribution in [0.3, 0.4) is 0 Å². The van der Waals surface area contributed by atoms with E-state index in [1.807, 2.05) is 12.5 Å². The van der Waals surface area contributed by atoms with Gasteiger partial charge in [0.2, 0.25) is 0 Å². The summed E-state index contributed by atoms with van der Waals surface area (Å²) < 4.78 is 7.78. The predicted octanol–water partition coefficient (Wildman–Crippen LogP) is 2.83. The lowest BCUT2D eigenvalue weighted by Gasteiger charge is -2.11. The van der Waals surface area contributed by atoms with Gasteiger partial charge in [0.15, 0.2) is 0 Å². The quantitative estimate of drug-likeness (QED) is 0.663. The number of nitrogens with zero attached hydrogens (tertiary/aromatic N) is 2. The maximum Gasteiger partial charge on any atom is 0.0948 e. The summed E-state index contributed by atoms with van der Waals surface area (Å²) in [5.74, 6) is 0.685. The molecule has 0 aliphatic rings. The molecule has 0 amide bonds. The lowest BCUT2D eigenvalue weighted by molar-refractivity contribution is 0.0754. The second kappa shape index (κ2) is 9.10. The second-order valence-corrected chi connectivity index (χ2v) is 5.73. The van der Waals surface area contributed by atoms with Crippen molar-refractivity contribution in [3.63, 3.8) is 0 Å². The molecule has 0 aliphatic carbocycles. The molecule has 0 saturated carbocycles. The highest BCUT2D eigenvalue weighted by molar-refractivity contribution is 4.97. The van der Waals surface area contributed by atoms with Gasteiger partial charge in [-0.2, -0.15) is 0 Å². The summed E-state index contributed by atoms with van der Waals surface area (Å²) in [4.78, 5) is 4.24. The maximum atomic E-state index is 5.55. The van der Waals surface area contributed by atoms with Gasteiger partial charge in [-0.25, -0.2) is 4.98 Å². The molecule has 0 unspecified atom stereocenters.